The molecule has 1 aromatic rings. The summed E-state index contributed by atoms with van der Waals surface area (Å²) in [7, 11) is 0. The lowest BCUT2D eigenvalue weighted by atomic mass is 9.62. The molecule has 0 unspecified atom stereocenters. The predicted molar refractivity (Wildman–Crippen MR) is 86.6 cm³/mol. The molecule has 0 aromatic heterocycles. The monoisotopic (exact) mass is 300 g/mol. The SMILES string of the molecule is CC(C)(C)[C@@]12CCN(C(=O)O)C[C@H]1c1cccc3c1N2CC3. The molecule has 4 nitrogen and oxygen atoms in total. The van der Waals surface area contributed by atoms with Gasteiger partial charge in [-0.1, -0.05) is 39.0 Å². The summed E-state index contributed by atoms with van der Waals surface area (Å²) in [6.45, 7) is 9.30. The summed E-state index contributed by atoms with van der Waals surface area (Å²) in [5.74, 6) is 0.285. The molecular weight excluding hydrogens is 276 g/mol. The lowest BCUT2D eigenvalue weighted by molar-refractivity contribution is 0.0579. The Bertz CT molecular complexity index is 649. The average Bonchev–Trinajstić information content (AvgIpc) is 3.01. The Balaban J connectivity index is 1.89. The van der Waals surface area contributed by atoms with Crippen LogP contribution in [0.2, 0.25) is 0 Å². The smallest absolute Gasteiger partial charge is 0.407 e. The van der Waals surface area contributed by atoms with E-state index in [9.17, 15) is 9.90 Å². The van der Waals surface area contributed by atoms with Crippen LogP contribution < -0.4 is 4.90 Å². The van der Waals surface area contributed by atoms with E-state index >= 15 is 0 Å². The molecule has 1 fully saturated rings. The molecule has 0 saturated carbocycles. The Kier molecular flexibility index (Phi) is 2.64. The first-order valence-electron chi connectivity index (χ1n) is 8.23. The van der Waals surface area contributed by atoms with Gasteiger partial charge in [0.15, 0.2) is 0 Å². The van der Waals surface area contributed by atoms with Crippen molar-refractivity contribution in [1.29, 1.82) is 0 Å². The van der Waals surface area contributed by atoms with Gasteiger partial charge in [-0.3, -0.25) is 0 Å². The summed E-state index contributed by atoms with van der Waals surface area (Å²) in [4.78, 5) is 15.7. The molecule has 22 heavy (non-hydrogen) atoms. The maximum absolute atomic E-state index is 11.5. The van der Waals surface area contributed by atoms with Crippen molar-refractivity contribution in [3.8, 4) is 0 Å². The molecule has 0 radical (unpaired) electrons. The highest BCUT2D eigenvalue weighted by molar-refractivity contribution is 5.74. The van der Waals surface area contributed by atoms with Crippen molar-refractivity contribution in [2.75, 3.05) is 24.5 Å². The molecule has 3 heterocycles. The summed E-state index contributed by atoms with van der Waals surface area (Å²) in [5, 5.41) is 9.44. The van der Waals surface area contributed by atoms with E-state index in [0.717, 1.165) is 19.4 Å². The normalized spacial score (nSPS) is 29.5. The van der Waals surface area contributed by atoms with Gasteiger partial charge in [0.25, 0.3) is 0 Å². The first-order valence-corrected chi connectivity index (χ1v) is 8.23. The molecule has 1 amide bonds. The number of hydrogen-bond donors (Lipinski definition) is 1. The van der Waals surface area contributed by atoms with Crippen molar-refractivity contribution >= 4 is 11.8 Å². The van der Waals surface area contributed by atoms with Crippen molar-refractivity contribution in [2.24, 2.45) is 5.41 Å². The summed E-state index contributed by atoms with van der Waals surface area (Å²) in [6.07, 6.45) is 1.26. The van der Waals surface area contributed by atoms with Crippen LogP contribution in [0.1, 0.15) is 44.2 Å². The number of anilines is 1. The van der Waals surface area contributed by atoms with Gasteiger partial charge >= 0.3 is 6.09 Å². The first kappa shape index (κ1) is 13.9. The number of para-hydroxylation sites is 1. The van der Waals surface area contributed by atoms with E-state index in [1.54, 1.807) is 4.90 Å². The van der Waals surface area contributed by atoms with Crippen LogP contribution in [0.4, 0.5) is 10.5 Å². The molecule has 4 rings (SSSR count). The average molecular weight is 300 g/mol. The Morgan fingerprint density at radius 1 is 1.32 bits per heavy atom. The van der Waals surface area contributed by atoms with Crippen molar-refractivity contribution in [3.63, 3.8) is 0 Å². The van der Waals surface area contributed by atoms with Crippen molar-refractivity contribution in [3.05, 3.63) is 29.3 Å². The molecular formula is C18H24N2O2. The van der Waals surface area contributed by atoms with E-state index in [4.69, 9.17) is 0 Å². The number of hydrogen-bond acceptors (Lipinski definition) is 2. The summed E-state index contributed by atoms with van der Waals surface area (Å²) in [5.41, 5.74) is 4.39. The highest BCUT2D eigenvalue weighted by Gasteiger charge is 2.61. The topological polar surface area (TPSA) is 43.8 Å². The molecule has 0 aliphatic carbocycles. The zero-order valence-corrected chi connectivity index (χ0v) is 13.6. The zero-order chi connectivity index (χ0) is 15.7. The molecule has 3 aliphatic rings. The van der Waals surface area contributed by atoms with E-state index in [-0.39, 0.29) is 16.9 Å². The van der Waals surface area contributed by atoms with E-state index < -0.39 is 6.09 Å². The lowest BCUT2D eigenvalue weighted by Gasteiger charge is -2.55. The quantitative estimate of drug-likeness (QED) is 0.799. The van der Waals surface area contributed by atoms with Gasteiger partial charge in [-0.15, -0.1) is 0 Å². The van der Waals surface area contributed by atoms with Gasteiger partial charge < -0.3 is 14.9 Å². The van der Waals surface area contributed by atoms with Gasteiger partial charge in [0.2, 0.25) is 0 Å². The zero-order valence-electron chi connectivity index (χ0n) is 13.6. The highest BCUT2D eigenvalue weighted by Crippen LogP contribution is 2.61. The minimum absolute atomic E-state index is 0.0495. The fourth-order valence-corrected chi connectivity index (χ4v) is 5.26. The van der Waals surface area contributed by atoms with Gasteiger partial charge in [-0.2, -0.15) is 0 Å². The molecule has 4 heteroatoms. The summed E-state index contributed by atoms with van der Waals surface area (Å²) in [6, 6.07) is 6.61. The maximum Gasteiger partial charge on any atom is 0.407 e. The fraction of sp³-hybridized carbons (Fsp3) is 0.611. The van der Waals surface area contributed by atoms with Crippen LogP contribution in [0.5, 0.6) is 0 Å². The Hall–Kier alpha value is -1.71. The maximum atomic E-state index is 11.5. The second kappa shape index (κ2) is 4.18. The Morgan fingerprint density at radius 3 is 2.77 bits per heavy atom. The van der Waals surface area contributed by atoms with Gasteiger partial charge in [-0.25, -0.2) is 4.79 Å². The number of benzene rings is 1. The summed E-state index contributed by atoms with van der Waals surface area (Å²) >= 11 is 0. The van der Waals surface area contributed by atoms with Crippen LogP contribution in [-0.4, -0.2) is 41.3 Å². The van der Waals surface area contributed by atoms with Gasteiger partial charge in [-0.05, 0) is 29.4 Å². The predicted octanol–water partition coefficient (Wildman–Crippen LogP) is 3.31. The Labute approximate surface area is 131 Å². The molecule has 1 aromatic carbocycles. The molecule has 118 valence electrons. The van der Waals surface area contributed by atoms with E-state index in [1.807, 2.05) is 0 Å². The van der Waals surface area contributed by atoms with Crippen LogP contribution in [0.25, 0.3) is 0 Å². The number of fused-ring (bicyclic) bond motifs is 3. The number of rotatable bonds is 0. The number of amides is 1. The second-order valence-electron chi connectivity index (χ2n) is 7.96. The lowest BCUT2D eigenvalue weighted by Crippen LogP contribution is -2.63. The molecule has 1 N–H and O–H groups in total. The third kappa shape index (κ3) is 1.50. The number of likely N-dealkylation sites (tertiary alicyclic amines) is 1. The van der Waals surface area contributed by atoms with Crippen molar-refractivity contribution in [2.45, 2.75) is 45.1 Å². The summed E-state index contributed by atoms with van der Waals surface area (Å²) < 4.78 is 0. The van der Waals surface area contributed by atoms with Crippen LogP contribution in [-0.2, 0) is 6.42 Å². The van der Waals surface area contributed by atoms with Gasteiger partial charge in [0, 0.05) is 31.2 Å². The molecule has 0 spiro atoms. The minimum atomic E-state index is -0.782. The molecule has 0 bridgehead atoms. The number of carbonyl (C=O) groups is 1. The number of nitrogens with zero attached hydrogens (tertiary/aromatic N) is 2. The standard InChI is InChI=1S/C18H24N2O2/c1-17(2,3)18-8-10-19(16(21)22)11-14(18)13-6-4-5-12-7-9-20(18)15(12)13/h4-6,14H,7-11H2,1-3H3,(H,21,22)/t14-,18+/m0/s1. The van der Waals surface area contributed by atoms with Crippen LogP contribution in [0.15, 0.2) is 18.2 Å². The Morgan fingerprint density at radius 2 is 2.09 bits per heavy atom. The van der Waals surface area contributed by atoms with Crippen LogP contribution >= 0.6 is 0 Å². The van der Waals surface area contributed by atoms with E-state index in [1.165, 1.54) is 16.8 Å². The van der Waals surface area contributed by atoms with Gasteiger partial charge in [0.05, 0.1) is 5.54 Å². The highest BCUT2D eigenvalue weighted by atomic mass is 16.4. The molecule has 3 aliphatic heterocycles. The van der Waals surface area contributed by atoms with Crippen LogP contribution in [0, 0.1) is 5.41 Å². The third-order valence-electron chi connectivity index (χ3n) is 6.19. The van der Waals surface area contributed by atoms with E-state index in [2.05, 4.69) is 43.9 Å². The molecule has 1 saturated heterocycles. The van der Waals surface area contributed by atoms with Crippen molar-refractivity contribution < 1.29 is 9.90 Å². The second-order valence-corrected chi connectivity index (χ2v) is 7.96. The van der Waals surface area contributed by atoms with E-state index in [0.29, 0.717) is 13.1 Å². The van der Waals surface area contributed by atoms with Crippen LogP contribution in [0.3, 0.4) is 0 Å². The largest absolute Gasteiger partial charge is 0.465 e. The minimum Gasteiger partial charge on any atom is -0.465 e. The van der Waals surface area contributed by atoms with Crippen molar-refractivity contribution in [1.82, 2.24) is 4.90 Å². The fourth-order valence-electron chi connectivity index (χ4n) is 5.26. The first-order chi connectivity index (χ1) is 10.4. The third-order valence-corrected chi connectivity index (χ3v) is 6.19. The number of piperidine rings is 1. The number of carboxylic acid groups (broad SMARTS) is 1. The van der Waals surface area contributed by atoms with Gasteiger partial charge in [0.1, 0.15) is 0 Å². The molecule has 2 atom stereocenters.